The second-order valence-corrected chi connectivity index (χ2v) is 7.55. The molecule has 2 heterocycles. The molecule has 0 aromatic heterocycles. The Morgan fingerprint density at radius 3 is 2.48 bits per heavy atom. The first-order chi connectivity index (χ1) is 13.1. The summed E-state index contributed by atoms with van der Waals surface area (Å²) < 4.78 is 0. The Hall–Kier alpha value is -2.37. The Morgan fingerprint density at radius 2 is 1.78 bits per heavy atom. The molecule has 27 heavy (non-hydrogen) atoms. The van der Waals surface area contributed by atoms with Gasteiger partial charge in [0.1, 0.15) is 0 Å². The highest BCUT2D eigenvalue weighted by atomic mass is 16.2. The minimum absolute atomic E-state index is 0.0447. The second-order valence-electron chi connectivity index (χ2n) is 7.55. The van der Waals surface area contributed by atoms with E-state index in [1.807, 2.05) is 35.2 Å². The summed E-state index contributed by atoms with van der Waals surface area (Å²) in [6.07, 6.45) is 5.72. The number of rotatable bonds is 6. The molecule has 1 N–H and O–H groups in total. The highest BCUT2D eigenvalue weighted by molar-refractivity contribution is 5.90. The van der Waals surface area contributed by atoms with Gasteiger partial charge >= 0.3 is 0 Å². The normalized spacial score (nSPS) is 18.4. The molecule has 6 nitrogen and oxygen atoms in total. The predicted octanol–water partition coefficient (Wildman–Crippen LogP) is 2.66. The zero-order chi connectivity index (χ0) is 19.1. The molecule has 146 valence electrons. The standard InChI is InChI=1S/C21H29N3O3/c25-19(22-18-6-2-1-3-7-18)10-9-17-11-14-23(15-12-17)21(27)16-24-13-5-4-8-20(24)26/h1-3,6-7,17H,4-5,8-16H2,(H,22,25). The van der Waals surface area contributed by atoms with Crippen molar-refractivity contribution >= 4 is 23.4 Å². The molecular formula is C21H29N3O3. The van der Waals surface area contributed by atoms with E-state index in [1.165, 1.54) is 0 Å². The third kappa shape index (κ3) is 5.81. The highest BCUT2D eigenvalue weighted by Crippen LogP contribution is 2.23. The fourth-order valence-electron chi connectivity index (χ4n) is 3.84. The van der Waals surface area contributed by atoms with E-state index in [4.69, 9.17) is 0 Å². The van der Waals surface area contributed by atoms with Crippen molar-refractivity contribution in [3.8, 4) is 0 Å². The smallest absolute Gasteiger partial charge is 0.242 e. The lowest BCUT2D eigenvalue weighted by Gasteiger charge is -2.34. The maximum Gasteiger partial charge on any atom is 0.242 e. The number of likely N-dealkylation sites (tertiary alicyclic amines) is 2. The minimum Gasteiger partial charge on any atom is -0.341 e. The second kappa shape index (κ2) is 9.53. The molecule has 3 rings (SSSR count). The van der Waals surface area contributed by atoms with Gasteiger partial charge in [-0.3, -0.25) is 14.4 Å². The fraction of sp³-hybridized carbons (Fsp3) is 0.571. The Balaban J connectivity index is 1.35. The molecule has 2 aliphatic heterocycles. The molecule has 0 aliphatic carbocycles. The van der Waals surface area contributed by atoms with Gasteiger partial charge in [0.2, 0.25) is 17.7 Å². The highest BCUT2D eigenvalue weighted by Gasteiger charge is 2.26. The summed E-state index contributed by atoms with van der Waals surface area (Å²) >= 11 is 0. The molecule has 3 amide bonds. The van der Waals surface area contributed by atoms with Gasteiger partial charge in [-0.05, 0) is 50.2 Å². The van der Waals surface area contributed by atoms with Crippen LogP contribution in [-0.2, 0) is 14.4 Å². The molecule has 2 aliphatic rings. The van der Waals surface area contributed by atoms with E-state index in [9.17, 15) is 14.4 Å². The zero-order valence-electron chi connectivity index (χ0n) is 15.9. The number of nitrogens with zero attached hydrogens (tertiary/aromatic N) is 2. The van der Waals surface area contributed by atoms with Crippen molar-refractivity contribution in [2.75, 3.05) is 31.5 Å². The summed E-state index contributed by atoms with van der Waals surface area (Å²) in [7, 11) is 0. The van der Waals surface area contributed by atoms with E-state index < -0.39 is 0 Å². The van der Waals surface area contributed by atoms with Crippen LogP contribution in [0, 0.1) is 5.92 Å². The number of hydrogen-bond acceptors (Lipinski definition) is 3. The number of carbonyl (C=O) groups is 3. The van der Waals surface area contributed by atoms with E-state index in [0.29, 0.717) is 25.3 Å². The first-order valence-electron chi connectivity index (χ1n) is 10.0. The minimum atomic E-state index is 0.0447. The molecule has 0 radical (unpaired) electrons. The molecule has 2 saturated heterocycles. The molecule has 0 atom stereocenters. The van der Waals surface area contributed by atoms with Crippen LogP contribution in [0.25, 0.3) is 0 Å². The molecule has 1 aromatic carbocycles. The van der Waals surface area contributed by atoms with Crippen molar-refractivity contribution < 1.29 is 14.4 Å². The van der Waals surface area contributed by atoms with Gasteiger partial charge in [-0.25, -0.2) is 0 Å². The van der Waals surface area contributed by atoms with Crippen LogP contribution >= 0.6 is 0 Å². The monoisotopic (exact) mass is 371 g/mol. The van der Waals surface area contributed by atoms with Crippen LogP contribution in [0.15, 0.2) is 30.3 Å². The quantitative estimate of drug-likeness (QED) is 0.836. The number of anilines is 1. The molecule has 2 fully saturated rings. The van der Waals surface area contributed by atoms with Gasteiger partial charge in [0.25, 0.3) is 0 Å². The number of piperidine rings is 2. The average molecular weight is 371 g/mol. The summed E-state index contributed by atoms with van der Waals surface area (Å²) in [4.78, 5) is 40.0. The van der Waals surface area contributed by atoms with E-state index in [-0.39, 0.29) is 24.3 Å². The van der Waals surface area contributed by atoms with Crippen molar-refractivity contribution in [2.45, 2.75) is 44.9 Å². The van der Waals surface area contributed by atoms with Crippen LogP contribution in [0.1, 0.15) is 44.9 Å². The third-order valence-corrected chi connectivity index (χ3v) is 5.55. The maximum atomic E-state index is 12.5. The van der Waals surface area contributed by atoms with Crippen LogP contribution in [0.3, 0.4) is 0 Å². The van der Waals surface area contributed by atoms with E-state index in [2.05, 4.69) is 5.32 Å². The molecular weight excluding hydrogens is 342 g/mol. The van der Waals surface area contributed by atoms with Gasteiger partial charge in [0.05, 0.1) is 6.54 Å². The molecule has 1 aromatic rings. The Labute approximate surface area is 160 Å². The number of benzene rings is 1. The van der Waals surface area contributed by atoms with Gasteiger partial charge in [0, 0.05) is 38.2 Å². The third-order valence-electron chi connectivity index (χ3n) is 5.55. The molecule has 0 unspecified atom stereocenters. The van der Waals surface area contributed by atoms with Crippen molar-refractivity contribution in [2.24, 2.45) is 5.92 Å². The number of carbonyl (C=O) groups excluding carboxylic acids is 3. The summed E-state index contributed by atoms with van der Waals surface area (Å²) in [6.45, 7) is 2.39. The largest absolute Gasteiger partial charge is 0.341 e. The molecule has 0 spiro atoms. The van der Waals surface area contributed by atoms with Crippen LogP contribution in [-0.4, -0.2) is 53.7 Å². The van der Waals surface area contributed by atoms with E-state index in [0.717, 1.165) is 50.9 Å². The number of nitrogens with one attached hydrogen (secondary N) is 1. The van der Waals surface area contributed by atoms with Crippen molar-refractivity contribution in [3.05, 3.63) is 30.3 Å². The Bertz CT molecular complexity index is 654. The summed E-state index contributed by atoms with van der Waals surface area (Å²) in [5, 5.41) is 2.92. The van der Waals surface area contributed by atoms with E-state index in [1.54, 1.807) is 4.90 Å². The van der Waals surface area contributed by atoms with Gasteiger partial charge in [-0.15, -0.1) is 0 Å². The van der Waals surface area contributed by atoms with Gasteiger partial charge < -0.3 is 15.1 Å². The van der Waals surface area contributed by atoms with Gasteiger partial charge in [0.15, 0.2) is 0 Å². The fourth-order valence-corrected chi connectivity index (χ4v) is 3.84. The average Bonchev–Trinajstić information content (AvgIpc) is 2.69. The first kappa shape index (κ1) is 19.4. The molecule has 0 bridgehead atoms. The van der Waals surface area contributed by atoms with Crippen LogP contribution in [0.2, 0.25) is 0 Å². The number of para-hydroxylation sites is 1. The molecule has 6 heteroatoms. The van der Waals surface area contributed by atoms with E-state index >= 15 is 0 Å². The van der Waals surface area contributed by atoms with Crippen LogP contribution in [0.5, 0.6) is 0 Å². The lowest BCUT2D eigenvalue weighted by atomic mass is 9.92. The lowest BCUT2D eigenvalue weighted by Crippen LogP contribution is -2.47. The van der Waals surface area contributed by atoms with Crippen LogP contribution in [0.4, 0.5) is 5.69 Å². The topological polar surface area (TPSA) is 69.7 Å². The Kier molecular flexibility index (Phi) is 6.85. The zero-order valence-corrected chi connectivity index (χ0v) is 15.9. The predicted molar refractivity (Wildman–Crippen MR) is 104 cm³/mol. The van der Waals surface area contributed by atoms with Gasteiger partial charge in [-0.1, -0.05) is 18.2 Å². The van der Waals surface area contributed by atoms with Crippen molar-refractivity contribution in [1.82, 2.24) is 9.80 Å². The number of amides is 3. The summed E-state index contributed by atoms with van der Waals surface area (Å²) in [5.74, 6) is 0.690. The molecule has 0 saturated carbocycles. The SMILES string of the molecule is O=C(CCC1CCN(C(=O)CN2CCCCC2=O)CC1)Nc1ccccc1. The summed E-state index contributed by atoms with van der Waals surface area (Å²) in [6, 6.07) is 9.50. The van der Waals surface area contributed by atoms with Crippen LogP contribution < -0.4 is 5.32 Å². The lowest BCUT2D eigenvalue weighted by molar-refractivity contribution is -0.142. The maximum absolute atomic E-state index is 12.5. The first-order valence-corrected chi connectivity index (χ1v) is 10.0. The summed E-state index contributed by atoms with van der Waals surface area (Å²) in [5.41, 5.74) is 0.829. The van der Waals surface area contributed by atoms with Gasteiger partial charge in [-0.2, -0.15) is 0 Å². The van der Waals surface area contributed by atoms with Crippen molar-refractivity contribution in [3.63, 3.8) is 0 Å². The Morgan fingerprint density at radius 1 is 1.04 bits per heavy atom. The number of hydrogen-bond donors (Lipinski definition) is 1. The van der Waals surface area contributed by atoms with Crippen molar-refractivity contribution in [1.29, 1.82) is 0 Å².